The van der Waals surface area contributed by atoms with E-state index in [4.69, 9.17) is 0 Å². The van der Waals surface area contributed by atoms with Crippen LogP contribution in [-0.4, -0.2) is 74.5 Å². The van der Waals surface area contributed by atoms with Gasteiger partial charge in [0.25, 0.3) is 0 Å². The molecule has 0 aromatic heterocycles. The molecule has 3 rings (SSSR count). The third-order valence-corrected chi connectivity index (χ3v) is 5.96. The fourth-order valence-corrected chi connectivity index (χ4v) is 4.18. The Balaban J connectivity index is 1.36. The smallest absolute Gasteiger partial charge is 0.223 e. The number of guanidine groups is 1. The molecule has 0 spiro atoms. The first-order valence-corrected chi connectivity index (χ1v) is 10.7. The summed E-state index contributed by atoms with van der Waals surface area (Å²) in [5, 5.41) is 6.88. The maximum absolute atomic E-state index is 12.3. The molecule has 2 N–H and O–H groups in total. The number of likely N-dealkylation sites (tertiary alicyclic amines) is 2. The number of hydrogen-bond donors (Lipinski definition) is 2. The number of amides is 1. The Hall–Kier alpha value is -2.08. The van der Waals surface area contributed by atoms with Crippen LogP contribution in [0.5, 0.6) is 0 Å². The topological polar surface area (TPSA) is 60.0 Å². The van der Waals surface area contributed by atoms with Gasteiger partial charge in [-0.2, -0.15) is 0 Å². The lowest BCUT2D eigenvalue weighted by atomic mass is 10.1. The molecule has 2 heterocycles. The van der Waals surface area contributed by atoms with E-state index in [0.29, 0.717) is 18.3 Å². The minimum atomic E-state index is 0.274. The molecule has 28 heavy (non-hydrogen) atoms. The van der Waals surface area contributed by atoms with Gasteiger partial charge >= 0.3 is 0 Å². The molecule has 2 atom stereocenters. The van der Waals surface area contributed by atoms with E-state index in [1.54, 1.807) is 0 Å². The van der Waals surface area contributed by atoms with Crippen LogP contribution in [0.25, 0.3) is 0 Å². The second-order valence-corrected chi connectivity index (χ2v) is 8.03. The van der Waals surface area contributed by atoms with Crippen molar-refractivity contribution in [2.75, 3.05) is 52.9 Å². The molecule has 2 aliphatic heterocycles. The highest BCUT2D eigenvalue weighted by atomic mass is 16.2. The van der Waals surface area contributed by atoms with Crippen molar-refractivity contribution < 1.29 is 4.79 Å². The summed E-state index contributed by atoms with van der Waals surface area (Å²) >= 11 is 0. The van der Waals surface area contributed by atoms with Crippen molar-refractivity contribution in [3.63, 3.8) is 0 Å². The van der Waals surface area contributed by atoms with E-state index < -0.39 is 0 Å². The lowest BCUT2D eigenvalue weighted by molar-refractivity contribution is -0.127. The van der Waals surface area contributed by atoms with Gasteiger partial charge in [0.05, 0.1) is 0 Å². The monoisotopic (exact) mass is 385 g/mol. The standard InChI is InChI=1S/C22H35N5O/c1-3-26-11-9-19(16-26)14-24-22(23-2)25-15-20-13-21(28)27(17-20)12-10-18-7-5-4-6-8-18/h4-8,19-20H,3,9-17H2,1-2H3,(H2,23,24,25). The molecule has 0 aliphatic carbocycles. The van der Waals surface area contributed by atoms with Crippen LogP contribution in [0, 0.1) is 11.8 Å². The first-order chi connectivity index (χ1) is 13.7. The van der Waals surface area contributed by atoms with E-state index in [1.165, 1.54) is 25.1 Å². The summed E-state index contributed by atoms with van der Waals surface area (Å²) in [6.45, 7) is 9.14. The second kappa shape index (κ2) is 10.5. The Bertz CT molecular complexity index is 648. The third-order valence-electron chi connectivity index (χ3n) is 5.96. The van der Waals surface area contributed by atoms with Gasteiger partial charge in [-0.1, -0.05) is 37.3 Å². The first-order valence-electron chi connectivity index (χ1n) is 10.7. The molecule has 154 valence electrons. The number of benzene rings is 1. The van der Waals surface area contributed by atoms with Crippen molar-refractivity contribution in [1.29, 1.82) is 0 Å². The van der Waals surface area contributed by atoms with Gasteiger partial charge in [0.2, 0.25) is 5.91 Å². The Morgan fingerprint density at radius 1 is 1.14 bits per heavy atom. The van der Waals surface area contributed by atoms with Crippen molar-refractivity contribution in [3.8, 4) is 0 Å². The molecule has 0 saturated carbocycles. The minimum absolute atomic E-state index is 0.274. The van der Waals surface area contributed by atoms with Crippen molar-refractivity contribution in [1.82, 2.24) is 20.4 Å². The lowest BCUT2D eigenvalue weighted by Crippen LogP contribution is -2.42. The number of hydrogen-bond acceptors (Lipinski definition) is 3. The molecule has 6 heteroatoms. The predicted molar refractivity (Wildman–Crippen MR) is 114 cm³/mol. The maximum Gasteiger partial charge on any atom is 0.223 e. The van der Waals surface area contributed by atoms with Crippen molar-refractivity contribution >= 4 is 11.9 Å². The Morgan fingerprint density at radius 3 is 2.57 bits per heavy atom. The van der Waals surface area contributed by atoms with Gasteiger partial charge in [-0.15, -0.1) is 0 Å². The van der Waals surface area contributed by atoms with Gasteiger partial charge in [0.15, 0.2) is 5.96 Å². The molecule has 1 aromatic rings. The van der Waals surface area contributed by atoms with Crippen LogP contribution in [0.3, 0.4) is 0 Å². The quantitative estimate of drug-likeness (QED) is 0.527. The molecule has 6 nitrogen and oxygen atoms in total. The van der Waals surface area contributed by atoms with E-state index in [1.807, 2.05) is 18.0 Å². The van der Waals surface area contributed by atoms with E-state index in [2.05, 4.69) is 51.7 Å². The summed E-state index contributed by atoms with van der Waals surface area (Å²) in [6, 6.07) is 10.4. The molecule has 2 aliphatic rings. The lowest BCUT2D eigenvalue weighted by Gasteiger charge is -2.19. The van der Waals surface area contributed by atoms with Crippen LogP contribution in [0.15, 0.2) is 35.3 Å². The van der Waals surface area contributed by atoms with Gasteiger partial charge < -0.3 is 20.4 Å². The average Bonchev–Trinajstić information content (AvgIpc) is 3.33. The predicted octanol–water partition coefficient (Wildman–Crippen LogP) is 1.58. The number of carbonyl (C=O) groups is 1. The summed E-state index contributed by atoms with van der Waals surface area (Å²) in [6.07, 6.45) is 2.81. The fourth-order valence-electron chi connectivity index (χ4n) is 4.18. The number of nitrogens with zero attached hydrogens (tertiary/aromatic N) is 3. The molecular formula is C22H35N5O. The zero-order valence-electron chi connectivity index (χ0n) is 17.4. The van der Waals surface area contributed by atoms with E-state index in [-0.39, 0.29) is 5.91 Å². The third kappa shape index (κ3) is 5.96. The fraction of sp³-hybridized carbons (Fsp3) is 0.636. The zero-order chi connectivity index (χ0) is 19.8. The van der Waals surface area contributed by atoms with Crippen LogP contribution in [-0.2, 0) is 11.2 Å². The van der Waals surface area contributed by atoms with Crippen LogP contribution < -0.4 is 10.6 Å². The summed E-state index contributed by atoms with van der Waals surface area (Å²) in [5.74, 6) is 2.17. The molecule has 2 saturated heterocycles. The molecule has 1 amide bonds. The van der Waals surface area contributed by atoms with Crippen LogP contribution in [0.2, 0.25) is 0 Å². The van der Waals surface area contributed by atoms with Crippen molar-refractivity contribution in [2.24, 2.45) is 16.8 Å². The van der Waals surface area contributed by atoms with Gasteiger partial charge in [-0.3, -0.25) is 9.79 Å². The van der Waals surface area contributed by atoms with Gasteiger partial charge in [-0.25, -0.2) is 0 Å². The zero-order valence-corrected chi connectivity index (χ0v) is 17.4. The van der Waals surface area contributed by atoms with Crippen LogP contribution in [0.4, 0.5) is 0 Å². The number of rotatable bonds is 8. The summed E-state index contributed by atoms with van der Waals surface area (Å²) in [7, 11) is 1.81. The average molecular weight is 386 g/mol. The normalized spacial score (nSPS) is 23.4. The highest BCUT2D eigenvalue weighted by Crippen LogP contribution is 2.18. The molecule has 0 bridgehead atoms. The van der Waals surface area contributed by atoms with Crippen LogP contribution >= 0.6 is 0 Å². The summed E-state index contributed by atoms with van der Waals surface area (Å²) in [4.78, 5) is 21.2. The minimum Gasteiger partial charge on any atom is -0.356 e. The highest BCUT2D eigenvalue weighted by molar-refractivity contribution is 5.80. The van der Waals surface area contributed by atoms with E-state index in [0.717, 1.165) is 45.1 Å². The largest absolute Gasteiger partial charge is 0.356 e. The van der Waals surface area contributed by atoms with Crippen LogP contribution in [0.1, 0.15) is 25.3 Å². The summed E-state index contributed by atoms with van der Waals surface area (Å²) in [5.41, 5.74) is 1.29. The molecule has 2 unspecified atom stereocenters. The summed E-state index contributed by atoms with van der Waals surface area (Å²) < 4.78 is 0. The molecular weight excluding hydrogens is 350 g/mol. The second-order valence-electron chi connectivity index (χ2n) is 8.03. The van der Waals surface area contributed by atoms with Crippen molar-refractivity contribution in [3.05, 3.63) is 35.9 Å². The molecule has 2 fully saturated rings. The Morgan fingerprint density at radius 2 is 1.89 bits per heavy atom. The Kier molecular flexibility index (Phi) is 7.71. The van der Waals surface area contributed by atoms with Gasteiger partial charge in [0, 0.05) is 52.1 Å². The highest BCUT2D eigenvalue weighted by Gasteiger charge is 2.29. The van der Waals surface area contributed by atoms with Gasteiger partial charge in [-0.05, 0) is 37.4 Å². The Labute approximate surface area is 169 Å². The number of carbonyl (C=O) groups excluding carboxylic acids is 1. The van der Waals surface area contributed by atoms with E-state index in [9.17, 15) is 4.79 Å². The van der Waals surface area contributed by atoms with Gasteiger partial charge in [0.1, 0.15) is 0 Å². The van der Waals surface area contributed by atoms with Crippen molar-refractivity contribution in [2.45, 2.75) is 26.2 Å². The first kappa shape index (κ1) is 20.6. The van der Waals surface area contributed by atoms with E-state index >= 15 is 0 Å². The molecule has 1 aromatic carbocycles. The number of nitrogens with one attached hydrogen (secondary N) is 2. The number of aliphatic imine (C=N–C) groups is 1. The maximum atomic E-state index is 12.3. The molecule has 0 radical (unpaired) electrons. The SMILES string of the molecule is CCN1CCC(CNC(=NC)NCC2CC(=O)N(CCc3ccccc3)C2)C1.